The van der Waals surface area contributed by atoms with Crippen LogP contribution >= 0.6 is 24.2 Å². The number of thioether (sulfide) groups is 1. The molecule has 3 aliphatic rings. The van der Waals surface area contributed by atoms with Gasteiger partial charge in [-0.25, -0.2) is 0 Å². The average molecular weight is 515 g/mol. The molecule has 0 radical (unpaired) electrons. The quantitative estimate of drug-likeness (QED) is 0.446. The Morgan fingerprint density at radius 1 is 1.00 bits per heavy atom. The molecule has 1 N–H and O–H groups in total. The van der Waals surface area contributed by atoms with Crippen LogP contribution in [0.5, 0.6) is 0 Å². The predicted octanol–water partition coefficient (Wildman–Crippen LogP) is 6.35. The Bertz CT molecular complexity index is 934. The van der Waals surface area contributed by atoms with Crippen LogP contribution in [0.2, 0.25) is 0 Å². The van der Waals surface area contributed by atoms with Crippen molar-refractivity contribution in [3.05, 3.63) is 71.8 Å². The number of carbonyl (C=O) groups is 1. The second-order valence-electron chi connectivity index (χ2n) is 10.7. The van der Waals surface area contributed by atoms with E-state index in [9.17, 15) is 4.79 Å². The van der Waals surface area contributed by atoms with E-state index in [2.05, 4.69) is 77.8 Å². The summed E-state index contributed by atoms with van der Waals surface area (Å²) in [6.45, 7) is 6.43. The number of rotatable bonds is 8. The average Bonchev–Trinajstić information content (AvgIpc) is 3.31. The summed E-state index contributed by atoms with van der Waals surface area (Å²) in [5.74, 6) is 0.175. The summed E-state index contributed by atoms with van der Waals surface area (Å²) in [5, 5.41) is 3.43. The maximum atomic E-state index is 12.2. The van der Waals surface area contributed by atoms with Crippen molar-refractivity contribution in [2.45, 2.75) is 99.8 Å². The highest BCUT2D eigenvalue weighted by Crippen LogP contribution is 2.43. The minimum atomic E-state index is -0.305. The Labute approximate surface area is 221 Å². The van der Waals surface area contributed by atoms with E-state index in [0.717, 1.165) is 19.3 Å². The van der Waals surface area contributed by atoms with Crippen LogP contribution in [0.3, 0.4) is 0 Å². The number of fused-ring (bicyclic) bond motifs is 2. The lowest BCUT2D eigenvalue weighted by Gasteiger charge is -2.44. The van der Waals surface area contributed by atoms with E-state index in [-0.39, 0.29) is 40.6 Å². The van der Waals surface area contributed by atoms with Gasteiger partial charge in [0.2, 0.25) is 5.91 Å². The molecule has 2 bridgehead atoms. The molecule has 1 amide bonds. The minimum absolute atomic E-state index is 0. The van der Waals surface area contributed by atoms with E-state index in [1.807, 2.05) is 13.8 Å². The highest BCUT2D eigenvalue weighted by molar-refractivity contribution is 8.02. The lowest BCUT2D eigenvalue weighted by atomic mass is 9.95. The van der Waals surface area contributed by atoms with Crippen molar-refractivity contribution in [1.82, 2.24) is 10.2 Å². The normalized spacial score (nSPS) is 28.5. The van der Waals surface area contributed by atoms with Crippen LogP contribution < -0.4 is 5.32 Å². The molecule has 5 unspecified atom stereocenters. The van der Waals surface area contributed by atoms with Gasteiger partial charge >= 0.3 is 0 Å². The summed E-state index contributed by atoms with van der Waals surface area (Å²) in [6, 6.07) is 23.0. The lowest BCUT2D eigenvalue weighted by molar-refractivity contribution is -0.122. The van der Waals surface area contributed by atoms with E-state index in [4.69, 9.17) is 4.74 Å². The van der Waals surface area contributed by atoms with Gasteiger partial charge in [0.15, 0.2) is 0 Å². The minimum Gasteiger partial charge on any atom is -0.364 e. The fraction of sp³-hybridized carbons (Fsp3) is 0.552. The lowest BCUT2D eigenvalue weighted by Crippen LogP contribution is -2.52. The van der Waals surface area contributed by atoms with Crippen LogP contribution in [0.1, 0.15) is 76.5 Å². The van der Waals surface area contributed by atoms with Crippen molar-refractivity contribution in [3.8, 4) is 0 Å². The molecule has 0 aromatic heterocycles. The van der Waals surface area contributed by atoms with Crippen molar-refractivity contribution in [3.63, 3.8) is 0 Å². The van der Waals surface area contributed by atoms with Crippen molar-refractivity contribution in [2.24, 2.45) is 0 Å². The van der Waals surface area contributed by atoms with Gasteiger partial charge in [-0.2, -0.15) is 0 Å². The third-order valence-corrected chi connectivity index (χ3v) is 9.37. The SMILES string of the molecule is CC(CCC1NC(=O)C(C)(C)S1)N1C2CCC(OC(c3ccccc3)c3ccccc3)C1CC2.Cl. The van der Waals surface area contributed by atoms with E-state index in [1.165, 1.54) is 30.4 Å². The van der Waals surface area contributed by atoms with E-state index >= 15 is 0 Å². The molecule has 0 saturated carbocycles. The van der Waals surface area contributed by atoms with Crippen molar-refractivity contribution >= 4 is 30.1 Å². The van der Waals surface area contributed by atoms with Crippen molar-refractivity contribution < 1.29 is 9.53 Å². The molecule has 5 rings (SSSR count). The Hall–Kier alpha value is -1.53. The number of carbonyl (C=O) groups excluding carboxylic acids is 1. The molecule has 0 aliphatic carbocycles. The Balaban J connectivity index is 0.00000289. The smallest absolute Gasteiger partial charge is 0.236 e. The standard InChI is InChI=1S/C29H38N2O2S.ClH/c1-20(14-19-26-30-28(32)29(2,3)34-26)31-23-15-17-24(31)25(18-16-23)33-27(21-10-6-4-7-11-21)22-12-8-5-9-13-22;/h4-13,20,23-27H,14-19H2,1-3H3,(H,30,32);1H. The molecule has 4 nitrogen and oxygen atoms in total. The summed E-state index contributed by atoms with van der Waals surface area (Å²) < 4.78 is 6.69. The van der Waals surface area contributed by atoms with Crippen LogP contribution in [0.25, 0.3) is 0 Å². The molecule has 5 atom stereocenters. The molecular weight excluding hydrogens is 476 g/mol. The fourth-order valence-corrected chi connectivity index (χ4v) is 7.51. The summed E-state index contributed by atoms with van der Waals surface area (Å²) in [6.07, 6.45) is 7.19. The van der Waals surface area contributed by atoms with Gasteiger partial charge in [-0.15, -0.1) is 24.2 Å². The highest BCUT2D eigenvalue weighted by Gasteiger charge is 2.46. The summed E-state index contributed by atoms with van der Waals surface area (Å²) in [4.78, 5) is 15.0. The molecule has 3 aliphatic heterocycles. The van der Waals surface area contributed by atoms with Crippen molar-refractivity contribution in [2.75, 3.05) is 0 Å². The highest BCUT2D eigenvalue weighted by atomic mass is 35.5. The summed E-state index contributed by atoms with van der Waals surface area (Å²) >= 11 is 1.78. The van der Waals surface area contributed by atoms with E-state index in [0.29, 0.717) is 18.1 Å². The molecule has 3 saturated heterocycles. The monoisotopic (exact) mass is 514 g/mol. The van der Waals surface area contributed by atoms with Gasteiger partial charge in [-0.3, -0.25) is 9.69 Å². The number of amides is 1. The molecule has 0 spiro atoms. The maximum absolute atomic E-state index is 12.2. The first kappa shape index (κ1) is 26.5. The first-order chi connectivity index (χ1) is 16.4. The van der Waals surface area contributed by atoms with Crippen LogP contribution in [0.15, 0.2) is 60.7 Å². The zero-order chi connectivity index (χ0) is 23.7. The third kappa shape index (κ3) is 5.74. The zero-order valence-electron chi connectivity index (χ0n) is 21.1. The van der Waals surface area contributed by atoms with Gasteiger partial charge in [-0.05, 0) is 70.4 Å². The molecule has 2 aromatic carbocycles. The van der Waals surface area contributed by atoms with E-state index in [1.54, 1.807) is 11.8 Å². The van der Waals surface area contributed by atoms with Crippen LogP contribution in [-0.2, 0) is 9.53 Å². The fourth-order valence-electron chi connectivity index (χ4n) is 6.21. The Morgan fingerprint density at radius 2 is 1.60 bits per heavy atom. The molecule has 190 valence electrons. The van der Waals surface area contributed by atoms with Gasteiger partial charge in [0.25, 0.3) is 0 Å². The van der Waals surface area contributed by atoms with Gasteiger partial charge in [0, 0.05) is 18.1 Å². The number of ether oxygens (including phenoxy) is 1. The summed E-state index contributed by atoms with van der Waals surface area (Å²) in [5.41, 5.74) is 2.45. The Morgan fingerprint density at radius 3 is 2.17 bits per heavy atom. The molecule has 3 fully saturated rings. The van der Waals surface area contributed by atoms with Gasteiger partial charge < -0.3 is 10.1 Å². The first-order valence-electron chi connectivity index (χ1n) is 12.9. The number of benzene rings is 2. The number of piperidine rings is 1. The molecular formula is C29H39ClN2O2S. The predicted molar refractivity (Wildman–Crippen MR) is 147 cm³/mol. The van der Waals surface area contributed by atoms with Gasteiger partial charge in [0.1, 0.15) is 6.10 Å². The number of hydrogen-bond donors (Lipinski definition) is 1. The first-order valence-corrected chi connectivity index (χ1v) is 13.8. The molecule has 35 heavy (non-hydrogen) atoms. The van der Waals surface area contributed by atoms with E-state index < -0.39 is 0 Å². The second-order valence-corrected chi connectivity index (χ2v) is 12.5. The van der Waals surface area contributed by atoms with Gasteiger partial charge in [-0.1, -0.05) is 60.7 Å². The van der Waals surface area contributed by atoms with Crippen LogP contribution in [0, 0.1) is 0 Å². The molecule has 2 aromatic rings. The maximum Gasteiger partial charge on any atom is 0.236 e. The molecule has 3 heterocycles. The van der Waals surface area contributed by atoms with Crippen LogP contribution in [-0.4, -0.2) is 45.2 Å². The Kier molecular flexibility index (Phi) is 8.53. The molecule has 6 heteroatoms. The van der Waals surface area contributed by atoms with Crippen LogP contribution in [0.4, 0.5) is 0 Å². The summed E-state index contributed by atoms with van der Waals surface area (Å²) in [7, 11) is 0. The number of hydrogen-bond acceptors (Lipinski definition) is 4. The number of halogens is 1. The second kappa shape index (κ2) is 11.2. The number of nitrogens with zero attached hydrogens (tertiary/aromatic N) is 1. The topological polar surface area (TPSA) is 41.6 Å². The van der Waals surface area contributed by atoms with Gasteiger partial charge in [0.05, 0.1) is 16.2 Å². The third-order valence-electron chi connectivity index (χ3n) is 7.96. The van der Waals surface area contributed by atoms with Crippen molar-refractivity contribution in [1.29, 1.82) is 0 Å². The largest absolute Gasteiger partial charge is 0.364 e. The number of nitrogens with one attached hydrogen (secondary N) is 1. The zero-order valence-corrected chi connectivity index (χ0v) is 22.7.